The molecule has 0 radical (unpaired) electrons. The van der Waals surface area contributed by atoms with E-state index in [1.165, 1.54) is 0 Å². The Balaban J connectivity index is 2.19. The van der Waals surface area contributed by atoms with Crippen LogP contribution in [-0.2, 0) is 4.74 Å². The second kappa shape index (κ2) is 4.99. The lowest BCUT2D eigenvalue weighted by Gasteiger charge is -2.09. The zero-order chi connectivity index (χ0) is 12.3. The minimum atomic E-state index is -0.0690. The van der Waals surface area contributed by atoms with Gasteiger partial charge < -0.3 is 10.1 Å². The summed E-state index contributed by atoms with van der Waals surface area (Å²) in [4.78, 5) is 16.1. The summed E-state index contributed by atoms with van der Waals surface area (Å²) >= 11 is 0. The summed E-state index contributed by atoms with van der Waals surface area (Å²) in [5.41, 5.74) is 1.49. The van der Waals surface area contributed by atoms with Crippen LogP contribution in [0.25, 0.3) is 0 Å². The van der Waals surface area contributed by atoms with Crippen molar-refractivity contribution in [2.75, 3.05) is 13.2 Å². The molecule has 1 aromatic carbocycles. The van der Waals surface area contributed by atoms with Gasteiger partial charge in [-0.3, -0.25) is 4.79 Å². The summed E-state index contributed by atoms with van der Waals surface area (Å²) < 4.78 is 5.37. The van der Waals surface area contributed by atoms with E-state index in [9.17, 15) is 4.79 Å². The second-order valence-electron chi connectivity index (χ2n) is 4.24. The maximum Gasteiger partial charge on any atom is 0.251 e. The van der Waals surface area contributed by atoms with E-state index in [0.29, 0.717) is 24.6 Å². The predicted octanol–water partition coefficient (Wildman–Crippen LogP) is 1.60. The van der Waals surface area contributed by atoms with Crippen LogP contribution >= 0.6 is 0 Å². The maximum absolute atomic E-state index is 11.8. The number of carbonyl (C=O) groups is 1. The van der Waals surface area contributed by atoms with Gasteiger partial charge in [0, 0.05) is 17.2 Å². The first-order chi connectivity index (χ1) is 8.16. The number of aliphatic imine (C=N–C) groups is 1. The van der Waals surface area contributed by atoms with Crippen LogP contribution in [0.2, 0.25) is 0 Å². The molecule has 0 unspecified atom stereocenters. The third kappa shape index (κ3) is 2.84. The molecule has 1 aliphatic rings. The Labute approximate surface area is 101 Å². The van der Waals surface area contributed by atoms with Crippen molar-refractivity contribution in [3.8, 4) is 0 Å². The Morgan fingerprint density at radius 3 is 2.94 bits per heavy atom. The molecule has 4 nitrogen and oxygen atoms in total. The quantitative estimate of drug-likeness (QED) is 0.860. The fourth-order valence-electron chi connectivity index (χ4n) is 1.65. The summed E-state index contributed by atoms with van der Waals surface area (Å²) in [5, 5.41) is 2.86. The van der Waals surface area contributed by atoms with E-state index in [1.54, 1.807) is 6.07 Å². The summed E-state index contributed by atoms with van der Waals surface area (Å²) in [6.07, 6.45) is 0. The van der Waals surface area contributed by atoms with Crippen LogP contribution in [0.5, 0.6) is 0 Å². The fraction of sp³-hybridized carbons (Fsp3) is 0.385. The highest BCUT2D eigenvalue weighted by molar-refractivity contribution is 6.00. The van der Waals surface area contributed by atoms with Gasteiger partial charge in [-0.15, -0.1) is 0 Å². The molecule has 1 N–H and O–H groups in total. The van der Waals surface area contributed by atoms with Gasteiger partial charge in [0.1, 0.15) is 6.61 Å². The van der Waals surface area contributed by atoms with Crippen molar-refractivity contribution in [2.45, 2.75) is 19.9 Å². The molecule has 0 saturated heterocycles. The van der Waals surface area contributed by atoms with Crippen molar-refractivity contribution in [3.05, 3.63) is 35.4 Å². The number of hydrogen-bond donors (Lipinski definition) is 1. The van der Waals surface area contributed by atoms with E-state index in [4.69, 9.17) is 4.74 Å². The second-order valence-corrected chi connectivity index (χ2v) is 4.24. The van der Waals surface area contributed by atoms with Gasteiger partial charge in [-0.2, -0.15) is 0 Å². The van der Waals surface area contributed by atoms with Gasteiger partial charge in [-0.05, 0) is 32.0 Å². The molecular weight excluding hydrogens is 216 g/mol. The van der Waals surface area contributed by atoms with Crippen LogP contribution < -0.4 is 5.32 Å². The monoisotopic (exact) mass is 232 g/mol. The first-order valence-corrected chi connectivity index (χ1v) is 5.75. The molecule has 0 atom stereocenters. The Morgan fingerprint density at radius 1 is 1.47 bits per heavy atom. The Bertz CT molecular complexity index is 452. The van der Waals surface area contributed by atoms with E-state index in [2.05, 4.69) is 10.3 Å². The topological polar surface area (TPSA) is 50.7 Å². The Morgan fingerprint density at radius 2 is 2.29 bits per heavy atom. The molecule has 1 aliphatic heterocycles. The lowest BCUT2D eigenvalue weighted by atomic mass is 10.1. The molecule has 0 spiro atoms. The Hall–Kier alpha value is -1.84. The smallest absolute Gasteiger partial charge is 0.251 e. The number of amides is 1. The van der Waals surface area contributed by atoms with Crippen molar-refractivity contribution < 1.29 is 9.53 Å². The number of ether oxygens (including phenoxy) is 1. The summed E-state index contributed by atoms with van der Waals surface area (Å²) in [5.74, 6) is 0.560. The molecule has 2 rings (SSSR count). The third-order valence-electron chi connectivity index (χ3n) is 2.38. The number of hydrogen-bond acceptors (Lipinski definition) is 3. The molecule has 0 saturated carbocycles. The van der Waals surface area contributed by atoms with E-state index >= 15 is 0 Å². The van der Waals surface area contributed by atoms with Crippen molar-refractivity contribution in [1.82, 2.24) is 5.32 Å². The van der Waals surface area contributed by atoms with Crippen LogP contribution in [0.3, 0.4) is 0 Å². The van der Waals surface area contributed by atoms with E-state index in [1.807, 2.05) is 32.0 Å². The third-order valence-corrected chi connectivity index (χ3v) is 2.38. The van der Waals surface area contributed by atoms with Crippen LogP contribution in [0.4, 0.5) is 0 Å². The molecule has 90 valence electrons. The molecule has 1 amide bonds. The minimum absolute atomic E-state index is 0.0690. The number of nitrogens with zero attached hydrogens (tertiary/aromatic N) is 1. The van der Waals surface area contributed by atoms with Gasteiger partial charge in [-0.25, -0.2) is 4.99 Å². The van der Waals surface area contributed by atoms with Gasteiger partial charge in [0.05, 0.1) is 6.54 Å². The highest BCUT2D eigenvalue weighted by Crippen LogP contribution is 2.10. The molecule has 1 heterocycles. The van der Waals surface area contributed by atoms with Gasteiger partial charge in [0.2, 0.25) is 5.90 Å². The highest BCUT2D eigenvalue weighted by Gasteiger charge is 2.13. The zero-order valence-electron chi connectivity index (χ0n) is 10.1. The van der Waals surface area contributed by atoms with Gasteiger partial charge >= 0.3 is 0 Å². The number of carbonyl (C=O) groups excluding carboxylic acids is 1. The molecule has 0 bridgehead atoms. The summed E-state index contributed by atoms with van der Waals surface area (Å²) in [6, 6.07) is 7.47. The summed E-state index contributed by atoms with van der Waals surface area (Å²) in [6.45, 7) is 5.19. The van der Waals surface area contributed by atoms with E-state index in [-0.39, 0.29) is 11.9 Å². The molecule has 0 fully saturated rings. The minimum Gasteiger partial charge on any atom is -0.476 e. The first kappa shape index (κ1) is 11.6. The average Bonchev–Trinajstić information content (AvgIpc) is 2.82. The van der Waals surface area contributed by atoms with Crippen molar-refractivity contribution in [3.63, 3.8) is 0 Å². The van der Waals surface area contributed by atoms with Crippen molar-refractivity contribution in [2.24, 2.45) is 4.99 Å². The normalized spacial score (nSPS) is 14.4. The number of nitrogens with one attached hydrogen (secondary N) is 1. The molecule has 1 aromatic rings. The van der Waals surface area contributed by atoms with Gasteiger partial charge in [0.25, 0.3) is 5.91 Å². The standard InChI is InChI=1S/C13H16N2O2/c1-9(2)15-12(16)10-4-3-5-11(8-10)13-14-6-7-17-13/h3-5,8-9H,6-7H2,1-2H3,(H,15,16). The molecule has 0 aliphatic carbocycles. The lowest BCUT2D eigenvalue weighted by molar-refractivity contribution is 0.0943. The van der Waals surface area contributed by atoms with Crippen LogP contribution in [0, 0.1) is 0 Å². The van der Waals surface area contributed by atoms with Gasteiger partial charge in [0.15, 0.2) is 0 Å². The largest absolute Gasteiger partial charge is 0.476 e. The van der Waals surface area contributed by atoms with Crippen LogP contribution in [-0.4, -0.2) is 31.0 Å². The lowest BCUT2D eigenvalue weighted by Crippen LogP contribution is -2.30. The number of rotatable bonds is 3. The van der Waals surface area contributed by atoms with Crippen molar-refractivity contribution in [1.29, 1.82) is 0 Å². The van der Waals surface area contributed by atoms with E-state index < -0.39 is 0 Å². The fourth-order valence-corrected chi connectivity index (χ4v) is 1.65. The average molecular weight is 232 g/mol. The molecule has 4 heteroatoms. The molecule has 17 heavy (non-hydrogen) atoms. The van der Waals surface area contributed by atoms with Gasteiger partial charge in [-0.1, -0.05) is 6.07 Å². The summed E-state index contributed by atoms with van der Waals surface area (Å²) in [7, 11) is 0. The molecule has 0 aromatic heterocycles. The van der Waals surface area contributed by atoms with Crippen LogP contribution in [0.15, 0.2) is 29.3 Å². The number of benzene rings is 1. The SMILES string of the molecule is CC(C)NC(=O)c1cccc(C2=NCCO2)c1. The maximum atomic E-state index is 11.8. The van der Waals surface area contributed by atoms with E-state index in [0.717, 1.165) is 5.56 Å². The zero-order valence-corrected chi connectivity index (χ0v) is 10.1. The Kier molecular flexibility index (Phi) is 3.42. The van der Waals surface area contributed by atoms with Crippen LogP contribution in [0.1, 0.15) is 29.8 Å². The predicted molar refractivity (Wildman–Crippen MR) is 66.4 cm³/mol. The molecular formula is C13H16N2O2. The van der Waals surface area contributed by atoms with Crippen molar-refractivity contribution >= 4 is 11.8 Å². The highest BCUT2D eigenvalue weighted by atomic mass is 16.5. The first-order valence-electron chi connectivity index (χ1n) is 5.75.